The molecule has 0 fully saturated rings. The molecule has 0 spiro atoms. The molecule has 1 atom stereocenters. The molecule has 90 valence electrons. The maximum atomic E-state index is 11.9. The molecular formula is C13H17N3O. The van der Waals surface area contributed by atoms with Crippen molar-refractivity contribution in [3.63, 3.8) is 0 Å². The molecular weight excluding hydrogens is 214 g/mol. The quantitative estimate of drug-likeness (QED) is 0.859. The summed E-state index contributed by atoms with van der Waals surface area (Å²) in [7, 11) is 1.74. The Balaban J connectivity index is 2.52. The zero-order chi connectivity index (χ0) is 12.4. The van der Waals surface area contributed by atoms with Crippen LogP contribution in [0, 0.1) is 0 Å². The summed E-state index contributed by atoms with van der Waals surface area (Å²) in [6, 6.07) is 7.93. The van der Waals surface area contributed by atoms with Crippen molar-refractivity contribution < 1.29 is 0 Å². The largest absolute Gasteiger partial charge is 0.332 e. The van der Waals surface area contributed by atoms with Gasteiger partial charge in [-0.3, -0.25) is 4.57 Å². The standard InChI is InChI=1S/C13H17N3O/c1-10(14)9-11-5-3-4-6-12(11)16-8-7-15(2)13(16)17/h3-8,10H,9,14H2,1-2H3. The summed E-state index contributed by atoms with van der Waals surface area (Å²) >= 11 is 0. The van der Waals surface area contributed by atoms with Crippen LogP contribution < -0.4 is 11.4 Å². The van der Waals surface area contributed by atoms with Gasteiger partial charge in [0.05, 0.1) is 5.69 Å². The van der Waals surface area contributed by atoms with Crippen LogP contribution in [-0.4, -0.2) is 15.2 Å². The van der Waals surface area contributed by atoms with Crippen molar-refractivity contribution in [1.82, 2.24) is 9.13 Å². The Morgan fingerprint density at radius 3 is 2.59 bits per heavy atom. The molecule has 0 amide bonds. The van der Waals surface area contributed by atoms with Gasteiger partial charge in [0.15, 0.2) is 0 Å². The number of benzene rings is 1. The molecule has 0 bridgehead atoms. The highest BCUT2D eigenvalue weighted by Crippen LogP contribution is 2.14. The summed E-state index contributed by atoms with van der Waals surface area (Å²) < 4.78 is 3.21. The lowest BCUT2D eigenvalue weighted by molar-refractivity contribution is 0.730. The van der Waals surface area contributed by atoms with Crippen LogP contribution in [0.3, 0.4) is 0 Å². The molecule has 2 N–H and O–H groups in total. The maximum Gasteiger partial charge on any atom is 0.332 e. The molecule has 0 saturated carbocycles. The average molecular weight is 231 g/mol. The maximum absolute atomic E-state index is 11.9. The number of aryl methyl sites for hydroxylation is 1. The minimum atomic E-state index is -0.0397. The summed E-state index contributed by atoms with van der Waals surface area (Å²) in [5.74, 6) is 0. The number of rotatable bonds is 3. The first-order valence-electron chi connectivity index (χ1n) is 5.67. The molecule has 0 radical (unpaired) electrons. The first kappa shape index (κ1) is 11.7. The number of hydrogen-bond acceptors (Lipinski definition) is 2. The molecule has 0 aliphatic rings. The van der Waals surface area contributed by atoms with Crippen LogP contribution >= 0.6 is 0 Å². The molecule has 0 saturated heterocycles. The van der Waals surface area contributed by atoms with Crippen LogP contribution in [0.25, 0.3) is 5.69 Å². The van der Waals surface area contributed by atoms with Gasteiger partial charge in [0.1, 0.15) is 0 Å². The Morgan fingerprint density at radius 2 is 2.00 bits per heavy atom. The topological polar surface area (TPSA) is 52.9 Å². The molecule has 1 unspecified atom stereocenters. The van der Waals surface area contributed by atoms with E-state index in [0.29, 0.717) is 0 Å². The van der Waals surface area contributed by atoms with Gasteiger partial charge in [-0.2, -0.15) is 0 Å². The fraction of sp³-hybridized carbons (Fsp3) is 0.308. The van der Waals surface area contributed by atoms with Crippen LogP contribution in [0.4, 0.5) is 0 Å². The van der Waals surface area contributed by atoms with Crippen LogP contribution in [0.5, 0.6) is 0 Å². The predicted octanol–water partition coefficient (Wildman–Crippen LogP) is 1.07. The van der Waals surface area contributed by atoms with Gasteiger partial charge in [0.25, 0.3) is 0 Å². The first-order valence-corrected chi connectivity index (χ1v) is 5.67. The SMILES string of the molecule is CC(N)Cc1ccccc1-n1ccn(C)c1=O. The molecule has 4 nitrogen and oxygen atoms in total. The summed E-state index contributed by atoms with van der Waals surface area (Å²) in [6.07, 6.45) is 4.30. The number of para-hydroxylation sites is 1. The van der Waals surface area contributed by atoms with E-state index >= 15 is 0 Å². The fourth-order valence-corrected chi connectivity index (χ4v) is 1.91. The second kappa shape index (κ2) is 4.59. The second-order valence-electron chi connectivity index (χ2n) is 4.37. The summed E-state index contributed by atoms with van der Waals surface area (Å²) in [5.41, 5.74) is 7.79. The summed E-state index contributed by atoms with van der Waals surface area (Å²) in [5, 5.41) is 0. The fourth-order valence-electron chi connectivity index (χ4n) is 1.91. The molecule has 1 aromatic heterocycles. The molecule has 2 aromatic rings. The van der Waals surface area contributed by atoms with E-state index in [9.17, 15) is 4.79 Å². The zero-order valence-electron chi connectivity index (χ0n) is 10.1. The van der Waals surface area contributed by atoms with Crippen molar-refractivity contribution in [1.29, 1.82) is 0 Å². The molecule has 0 aliphatic heterocycles. The van der Waals surface area contributed by atoms with Crippen molar-refractivity contribution in [3.8, 4) is 5.69 Å². The van der Waals surface area contributed by atoms with Gasteiger partial charge in [0.2, 0.25) is 0 Å². The second-order valence-corrected chi connectivity index (χ2v) is 4.37. The van der Waals surface area contributed by atoms with E-state index in [1.807, 2.05) is 31.2 Å². The summed E-state index contributed by atoms with van der Waals surface area (Å²) in [4.78, 5) is 11.9. The highest BCUT2D eigenvalue weighted by atomic mass is 16.1. The van der Waals surface area contributed by atoms with Crippen LogP contribution in [0.1, 0.15) is 12.5 Å². The number of nitrogens with zero attached hydrogens (tertiary/aromatic N) is 2. The van der Waals surface area contributed by atoms with Gasteiger partial charge in [-0.05, 0) is 25.0 Å². The lowest BCUT2D eigenvalue weighted by Crippen LogP contribution is -2.23. The number of hydrogen-bond donors (Lipinski definition) is 1. The molecule has 2 rings (SSSR count). The minimum Gasteiger partial charge on any atom is -0.328 e. The number of aromatic nitrogens is 2. The van der Waals surface area contributed by atoms with E-state index in [0.717, 1.165) is 17.7 Å². The Bertz CT molecular complexity index is 566. The van der Waals surface area contributed by atoms with Crippen molar-refractivity contribution in [2.24, 2.45) is 12.8 Å². The average Bonchev–Trinajstić information content (AvgIpc) is 2.60. The molecule has 4 heteroatoms. The molecule has 1 aromatic carbocycles. The van der Waals surface area contributed by atoms with Crippen molar-refractivity contribution in [3.05, 3.63) is 52.7 Å². The van der Waals surface area contributed by atoms with Gasteiger partial charge < -0.3 is 10.3 Å². The third-order valence-electron chi connectivity index (χ3n) is 2.74. The third-order valence-corrected chi connectivity index (χ3v) is 2.74. The lowest BCUT2D eigenvalue weighted by Gasteiger charge is -2.11. The van der Waals surface area contributed by atoms with E-state index < -0.39 is 0 Å². The van der Waals surface area contributed by atoms with Gasteiger partial charge in [-0.25, -0.2) is 4.79 Å². The Morgan fingerprint density at radius 1 is 1.29 bits per heavy atom. The highest BCUT2D eigenvalue weighted by Gasteiger charge is 2.08. The number of imidazole rings is 1. The lowest BCUT2D eigenvalue weighted by atomic mass is 10.1. The van der Waals surface area contributed by atoms with Gasteiger partial charge in [-0.15, -0.1) is 0 Å². The minimum absolute atomic E-state index is 0.0397. The van der Waals surface area contributed by atoms with Gasteiger partial charge in [-0.1, -0.05) is 18.2 Å². The van der Waals surface area contributed by atoms with Crippen molar-refractivity contribution >= 4 is 0 Å². The Hall–Kier alpha value is -1.81. The smallest absolute Gasteiger partial charge is 0.328 e. The van der Waals surface area contributed by atoms with Gasteiger partial charge >= 0.3 is 5.69 Å². The van der Waals surface area contributed by atoms with E-state index in [2.05, 4.69) is 0 Å². The van der Waals surface area contributed by atoms with Crippen molar-refractivity contribution in [2.45, 2.75) is 19.4 Å². The van der Waals surface area contributed by atoms with E-state index in [1.165, 1.54) is 0 Å². The number of nitrogens with two attached hydrogens (primary N) is 1. The Labute approximate surface area is 100 Å². The predicted molar refractivity (Wildman–Crippen MR) is 68.4 cm³/mol. The van der Waals surface area contributed by atoms with Crippen LogP contribution in [0.2, 0.25) is 0 Å². The molecule has 0 aliphatic carbocycles. The van der Waals surface area contributed by atoms with Crippen LogP contribution in [0.15, 0.2) is 41.5 Å². The molecule has 1 heterocycles. The third kappa shape index (κ3) is 2.31. The zero-order valence-corrected chi connectivity index (χ0v) is 10.1. The molecule has 17 heavy (non-hydrogen) atoms. The van der Waals surface area contributed by atoms with E-state index in [1.54, 1.807) is 28.6 Å². The van der Waals surface area contributed by atoms with Crippen molar-refractivity contribution in [2.75, 3.05) is 0 Å². The summed E-state index contributed by atoms with van der Waals surface area (Å²) in [6.45, 7) is 1.96. The van der Waals surface area contributed by atoms with Crippen LogP contribution in [-0.2, 0) is 13.5 Å². The normalized spacial score (nSPS) is 12.6. The first-order chi connectivity index (χ1) is 8.09. The van der Waals surface area contributed by atoms with Gasteiger partial charge in [0, 0.05) is 25.5 Å². The highest BCUT2D eigenvalue weighted by molar-refractivity contribution is 5.41. The monoisotopic (exact) mass is 231 g/mol. The Kier molecular flexibility index (Phi) is 3.15. The van der Waals surface area contributed by atoms with E-state index in [4.69, 9.17) is 5.73 Å². The van der Waals surface area contributed by atoms with E-state index in [-0.39, 0.29) is 11.7 Å².